The number of halogens is 1. The van der Waals surface area contributed by atoms with Crippen molar-refractivity contribution in [2.75, 3.05) is 0 Å². The van der Waals surface area contributed by atoms with Gasteiger partial charge in [-0.05, 0) is 12.1 Å². The lowest BCUT2D eigenvalue weighted by atomic mass is 10.1. The average molecular weight is 382 g/mol. The quantitative estimate of drug-likeness (QED) is 0.519. The Balaban J connectivity index is 2.18. The Morgan fingerprint density at radius 1 is 1.36 bits per heavy atom. The molecule has 2 N–H and O–H groups in total. The highest BCUT2D eigenvalue weighted by atomic mass is 32.1. The van der Waals surface area contributed by atoms with E-state index in [1.54, 1.807) is 6.92 Å². The fraction of sp³-hybridized carbons (Fsp3) is 0.133. The van der Waals surface area contributed by atoms with E-state index in [2.05, 4.69) is 4.98 Å². The molecule has 0 unspecified atom stereocenters. The minimum atomic E-state index is -4.78. The van der Waals surface area contributed by atoms with Crippen LogP contribution in [0.3, 0.4) is 0 Å². The number of nitrogens with zero attached hydrogens (tertiary/aromatic N) is 2. The number of hydrogen-bond donors (Lipinski definition) is 2. The van der Waals surface area contributed by atoms with Gasteiger partial charge >= 0.3 is 7.75 Å². The van der Waals surface area contributed by atoms with E-state index in [1.807, 2.05) is 0 Å². The van der Waals surface area contributed by atoms with Gasteiger partial charge < -0.3 is 9.79 Å². The number of hydrogen-bond acceptors (Lipinski definition) is 5. The fourth-order valence-corrected chi connectivity index (χ4v) is 3.91. The lowest BCUT2D eigenvalue weighted by molar-refractivity contribution is 0.0984. The average Bonchev–Trinajstić information content (AvgIpc) is 3.18. The van der Waals surface area contributed by atoms with Gasteiger partial charge in [-0.1, -0.05) is 13.0 Å². The highest BCUT2D eigenvalue weighted by molar-refractivity contribution is 7.50. The Morgan fingerprint density at radius 3 is 2.72 bits per heavy atom. The summed E-state index contributed by atoms with van der Waals surface area (Å²) in [5.74, 6) is -1.73. The summed E-state index contributed by atoms with van der Waals surface area (Å²) in [5, 5.41) is 1.18. The van der Waals surface area contributed by atoms with Crippen molar-refractivity contribution in [1.82, 2.24) is 9.32 Å². The molecule has 0 saturated heterocycles. The van der Waals surface area contributed by atoms with Gasteiger partial charge in [0.05, 0.1) is 11.1 Å². The molecule has 0 bridgehead atoms. The van der Waals surface area contributed by atoms with Gasteiger partial charge in [0.2, 0.25) is 5.78 Å². The lowest BCUT2D eigenvalue weighted by Gasteiger charge is -2.05. The zero-order chi connectivity index (χ0) is 18.4. The maximum absolute atomic E-state index is 14.2. The summed E-state index contributed by atoms with van der Waals surface area (Å²) in [7, 11) is -4.78. The number of Topliss-reactive ketones (excluding diaryl/α,β-unsaturated/α-hetero) is 1. The third kappa shape index (κ3) is 3.07. The first-order valence-electron chi connectivity index (χ1n) is 7.13. The normalized spacial score (nSPS) is 11.8. The van der Waals surface area contributed by atoms with Gasteiger partial charge in [0.1, 0.15) is 11.5 Å². The summed E-state index contributed by atoms with van der Waals surface area (Å²) in [4.78, 5) is 47.2. The van der Waals surface area contributed by atoms with Crippen LogP contribution in [0.4, 0.5) is 4.39 Å². The van der Waals surface area contributed by atoms with E-state index in [9.17, 15) is 28.3 Å². The molecule has 10 heteroatoms. The molecule has 0 fully saturated rings. The lowest BCUT2D eigenvalue weighted by Crippen LogP contribution is -2.03. The number of benzene rings is 1. The highest BCUT2D eigenvalue weighted by Gasteiger charge is 2.27. The predicted octanol–water partition coefficient (Wildman–Crippen LogP) is 3.00. The molecule has 0 aliphatic rings. The SMILES string of the molecule is CCC(=O)c1csc(C(=O)c2cn(P(=O)(O)O)c3cccc(F)c23)n1. The molecular formula is C15H12FN2O5PS. The molecule has 130 valence electrons. The molecule has 3 rings (SSSR count). The highest BCUT2D eigenvalue weighted by Crippen LogP contribution is 2.42. The van der Waals surface area contributed by atoms with Crippen LogP contribution < -0.4 is 0 Å². The smallest absolute Gasteiger partial charge is 0.308 e. The molecule has 0 atom stereocenters. The number of aromatic nitrogens is 2. The summed E-state index contributed by atoms with van der Waals surface area (Å²) < 4.78 is 26.4. The van der Waals surface area contributed by atoms with Gasteiger partial charge in [0, 0.05) is 23.4 Å². The van der Waals surface area contributed by atoms with Gasteiger partial charge in [-0.15, -0.1) is 11.3 Å². The summed E-state index contributed by atoms with van der Waals surface area (Å²) >= 11 is 0.920. The Bertz CT molecular complexity index is 1050. The summed E-state index contributed by atoms with van der Waals surface area (Å²) in [5.41, 5.74) is -0.186. The van der Waals surface area contributed by atoms with Crippen LogP contribution in [0.5, 0.6) is 0 Å². The standard InChI is InChI=1S/C15H12FN2O5PS/c1-2-12(19)10-7-25-15(17-10)14(20)8-6-18(24(21,22)23)11-5-3-4-9(16)13(8)11/h3-7H,2H2,1H3,(H2,21,22,23). The first-order chi connectivity index (χ1) is 11.7. The van der Waals surface area contributed by atoms with Gasteiger partial charge in [-0.25, -0.2) is 13.9 Å². The maximum Gasteiger partial charge on any atom is 0.434 e. The van der Waals surface area contributed by atoms with Crippen LogP contribution in [0.25, 0.3) is 10.9 Å². The third-order valence-electron chi connectivity index (χ3n) is 3.59. The van der Waals surface area contributed by atoms with Crippen molar-refractivity contribution in [3.05, 3.63) is 51.9 Å². The van der Waals surface area contributed by atoms with Crippen molar-refractivity contribution >= 4 is 41.6 Å². The van der Waals surface area contributed by atoms with Crippen LogP contribution in [-0.2, 0) is 4.57 Å². The molecule has 3 aromatic rings. The maximum atomic E-state index is 14.2. The van der Waals surface area contributed by atoms with E-state index in [4.69, 9.17) is 0 Å². The molecule has 1 aromatic carbocycles. The second-order valence-corrected chi connectivity index (χ2v) is 7.49. The number of ketones is 2. The minimum Gasteiger partial charge on any atom is -0.308 e. The second kappa shape index (κ2) is 6.27. The minimum absolute atomic E-state index is 0.0511. The van der Waals surface area contributed by atoms with Crippen LogP contribution in [-0.4, -0.2) is 30.7 Å². The first kappa shape index (κ1) is 17.6. The first-order valence-corrected chi connectivity index (χ1v) is 9.58. The van der Waals surface area contributed by atoms with Crippen LogP contribution >= 0.6 is 19.1 Å². The van der Waals surface area contributed by atoms with Crippen molar-refractivity contribution in [3.8, 4) is 0 Å². The molecule has 0 spiro atoms. The largest absolute Gasteiger partial charge is 0.434 e. The summed E-state index contributed by atoms with van der Waals surface area (Å²) in [6, 6.07) is 3.69. The zero-order valence-corrected chi connectivity index (χ0v) is 14.6. The number of rotatable bonds is 5. The molecular weight excluding hydrogens is 370 g/mol. The van der Waals surface area contributed by atoms with Crippen molar-refractivity contribution in [2.24, 2.45) is 0 Å². The Hall–Kier alpha value is -2.19. The molecule has 0 radical (unpaired) electrons. The van der Waals surface area contributed by atoms with E-state index < -0.39 is 19.3 Å². The molecule has 0 saturated carbocycles. The van der Waals surface area contributed by atoms with Gasteiger partial charge in [0.25, 0.3) is 0 Å². The third-order valence-corrected chi connectivity index (χ3v) is 5.32. The molecule has 0 amide bonds. The van der Waals surface area contributed by atoms with Crippen molar-refractivity contribution in [1.29, 1.82) is 0 Å². The monoisotopic (exact) mass is 382 g/mol. The number of fused-ring (bicyclic) bond motifs is 1. The van der Waals surface area contributed by atoms with E-state index in [0.717, 1.165) is 23.6 Å². The zero-order valence-electron chi connectivity index (χ0n) is 12.8. The molecule has 0 aliphatic carbocycles. The number of thiazole rings is 1. The van der Waals surface area contributed by atoms with E-state index in [-0.39, 0.29) is 39.4 Å². The van der Waals surface area contributed by atoms with Crippen LogP contribution in [0.1, 0.15) is 39.2 Å². The van der Waals surface area contributed by atoms with Gasteiger partial charge in [0.15, 0.2) is 10.8 Å². The van der Waals surface area contributed by atoms with Gasteiger partial charge in [-0.2, -0.15) is 0 Å². The van der Waals surface area contributed by atoms with Crippen molar-refractivity contribution in [3.63, 3.8) is 0 Å². The van der Waals surface area contributed by atoms with Crippen molar-refractivity contribution < 1.29 is 28.3 Å². The molecule has 0 aliphatic heterocycles. The number of carbonyl (C=O) groups is 2. The van der Waals surface area contributed by atoms with E-state index >= 15 is 0 Å². The van der Waals surface area contributed by atoms with Gasteiger partial charge in [-0.3, -0.25) is 13.9 Å². The molecule has 2 aromatic heterocycles. The molecule has 7 nitrogen and oxygen atoms in total. The Kier molecular flexibility index (Phi) is 4.42. The predicted molar refractivity (Wildman–Crippen MR) is 89.5 cm³/mol. The summed E-state index contributed by atoms with van der Waals surface area (Å²) in [6.45, 7) is 1.66. The number of carbonyl (C=O) groups excluding carboxylic acids is 2. The molecule has 25 heavy (non-hydrogen) atoms. The van der Waals surface area contributed by atoms with E-state index in [1.165, 1.54) is 17.5 Å². The Labute approximate surface area is 145 Å². The topological polar surface area (TPSA) is 109 Å². The summed E-state index contributed by atoms with van der Waals surface area (Å²) in [6.07, 6.45) is 1.14. The Morgan fingerprint density at radius 2 is 2.08 bits per heavy atom. The van der Waals surface area contributed by atoms with E-state index in [0.29, 0.717) is 4.34 Å². The van der Waals surface area contributed by atoms with Crippen LogP contribution in [0.2, 0.25) is 0 Å². The van der Waals surface area contributed by atoms with Crippen molar-refractivity contribution in [2.45, 2.75) is 13.3 Å². The van der Waals surface area contributed by atoms with Crippen LogP contribution in [0, 0.1) is 5.82 Å². The fourth-order valence-electron chi connectivity index (χ4n) is 2.42. The van der Waals surface area contributed by atoms with Crippen LogP contribution in [0.15, 0.2) is 29.8 Å². The second-order valence-electron chi connectivity index (χ2n) is 5.18. The molecule has 2 heterocycles.